The van der Waals surface area contributed by atoms with Gasteiger partial charge < -0.3 is 25.8 Å². The van der Waals surface area contributed by atoms with Crippen LogP contribution in [0.1, 0.15) is 5.56 Å². The number of methoxy groups -OCH3 is 1. The molecule has 0 unspecified atom stereocenters. The summed E-state index contributed by atoms with van der Waals surface area (Å²) in [4.78, 5) is 20.2. The first-order chi connectivity index (χ1) is 16.0. The summed E-state index contributed by atoms with van der Waals surface area (Å²) < 4.78 is 23.9. The van der Waals surface area contributed by atoms with E-state index in [0.29, 0.717) is 51.7 Å². The van der Waals surface area contributed by atoms with E-state index in [1.54, 1.807) is 37.4 Å². The number of carbonyl (C=O) groups excluding carboxylic acids is 1. The van der Waals surface area contributed by atoms with Crippen molar-refractivity contribution in [3.05, 3.63) is 65.2 Å². The molecule has 0 aliphatic carbocycles. The largest absolute Gasteiger partial charge is 0.487 e. The zero-order valence-corrected chi connectivity index (χ0v) is 19.4. The Morgan fingerprint density at radius 2 is 2.09 bits per heavy atom. The summed E-state index contributed by atoms with van der Waals surface area (Å²) in [7, 11) is 1.57. The molecule has 2 aromatic carbocycles. The molecule has 0 aliphatic heterocycles. The number of amides is 1. The molecule has 0 radical (unpaired) electrons. The molecule has 0 aliphatic rings. The number of rotatable bonds is 11. The molecule has 11 heteroatoms. The Morgan fingerprint density at radius 1 is 1.24 bits per heavy atom. The molecule has 0 saturated heterocycles. The molecule has 1 amide bonds. The van der Waals surface area contributed by atoms with Gasteiger partial charge in [-0.2, -0.15) is 0 Å². The van der Waals surface area contributed by atoms with Crippen molar-refractivity contribution in [2.24, 2.45) is 0 Å². The average Bonchev–Trinajstić information content (AvgIpc) is 2.79. The van der Waals surface area contributed by atoms with Gasteiger partial charge in [-0.05, 0) is 35.9 Å². The van der Waals surface area contributed by atoms with E-state index in [0.717, 1.165) is 0 Å². The number of nitrogen functional groups attached to an aromatic ring is 1. The zero-order chi connectivity index (χ0) is 23.6. The average molecular weight is 492 g/mol. The second kappa shape index (κ2) is 12.2. The number of hydrogen-bond acceptors (Lipinski definition) is 8. The van der Waals surface area contributed by atoms with Crippen LogP contribution in [-0.4, -0.2) is 41.9 Å². The van der Waals surface area contributed by atoms with Crippen molar-refractivity contribution >= 4 is 46.5 Å². The monoisotopic (exact) mass is 491 g/mol. The van der Waals surface area contributed by atoms with Gasteiger partial charge in [0, 0.05) is 19.3 Å². The third kappa shape index (κ3) is 7.48. The van der Waals surface area contributed by atoms with Crippen molar-refractivity contribution in [1.82, 2.24) is 15.3 Å². The molecule has 3 rings (SSSR count). The van der Waals surface area contributed by atoms with Crippen LogP contribution in [-0.2, 0) is 16.1 Å². The number of anilines is 3. The van der Waals surface area contributed by atoms with Gasteiger partial charge in [0.1, 0.15) is 35.2 Å². The van der Waals surface area contributed by atoms with E-state index in [9.17, 15) is 9.18 Å². The predicted octanol–water partition coefficient (Wildman–Crippen LogP) is 4.03. The zero-order valence-electron chi connectivity index (χ0n) is 17.8. The Bertz CT molecular complexity index is 1110. The number of nitrogens with zero attached hydrogens (tertiary/aromatic N) is 2. The maximum atomic E-state index is 13.3. The van der Waals surface area contributed by atoms with Crippen LogP contribution in [0.2, 0.25) is 5.02 Å². The van der Waals surface area contributed by atoms with E-state index >= 15 is 0 Å². The molecule has 0 atom stereocenters. The van der Waals surface area contributed by atoms with Crippen LogP contribution in [0.3, 0.4) is 0 Å². The SMILES string of the molecule is COCCNC(=O)CSc1ncnc(Nc2ccc(OCc3cccc(F)c3)c(Cl)c2)c1N. The quantitative estimate of drug-likeness (QED) is 0.209. The molecule has 1 aromatic heterocycles. The third-order valence-electron chi connectivity index (χ3n) is 4.29. The highest BCUT2D eigenvalue weighted by Gasteiger charge is 2.12. The van der Waals surface area contributed by atoms with Crippen molar-refractivity contribution in [3.8, 4) is 5.75 Å². The van der Waals surface area contributed by atoms with Gasteiger partial charge in [0.25, 0.3) is 0 Å². The first-order valence-electron chi connectivity index (χ1n) is 9.89. The summed E-state index contributed by atoms with van der Waals surface area (Å²) in [6.45, 7) is 1.06. The lowest BCUT2D eigenvalue weighted by molar-refractivity contribution is -0.118. The molecular formula is C22H23ClFN5O3S. The molecule has 8 nitrogen and oxygen atoms in total. The lowest BCUT2D eigenvalue weighted by Gasteiger charge is -2.13. The molecule has 0 bridgehead atoms. The van der Waals surface area contributed by atoms with Gasteiger partial charge in [0.2, 0.25) is 5.91 Å². The third-order valence-corrected chi connectivity index (χ3v) is 5.59. The molecule has 33 heavy (non-hydrogen) atoms. The minimum atomic E-state index is -0.326. The number of nitrogens with one attached hydrogen (secondary N) is 2. The van der Waals surface area contributed by atoms with Crippen LogP contribution in [0.15, 0.2) is 53.8 Å². The van der Waals surface area contributed by atoms with E-state index in [1.807, 2.05) is 0 Å². The summed E-state index contributed by atoms with van der Waals surface area (Å²) in [6.07, 6.45) is 1.36. The molecule has 0 fully saturated rings. The fourth-order valence-electron chi connectivity index (χ4n) is 2.69. The number of carbonyl (C=O) groups is 1. The minimum Gasteiger partial charge on any atom is -0.487 e. The number of benzene rings is 2. The second-order valence-electron chi connectivity index (χ2n) is 6.76. The van der Waals surface area contributed by atoms with Gasteiger partial charge in [-0.25, -0.2) is 14.4 Å². The minimum absolute atomic E-state index is 0.148. The van der Waals surface area contributed by atoms with Crippen molar-refractivity contribution in [2.45, 2.75) is 11.6 Å². The highest BCUT2D eigenvalue weighted by atomic mass is 35.5. The van der Waals surface area contributed by atoms with Crippen LogP contribution in [0.25, 0.3) is 0 Å². The second-order valence-corrected chi connectivity index (χ2v) is 8.13. The first kappa shape index (κ1) is 24.6. The number of aromatic nitrogens is 2. The van der Waals surface area contributed by atoms with Crippen LogP contribution < -0.4 is 21.1 Å². The molecule has 0 saturated carbocycles. The highest BCUT2D eigenvalue weighted by Crippen LogP contribution is 2.32. The lowest BCUT2D eigenvalue weighted by Crippen LogP contribution is -2.28. The van der Waals surface area contributed by atoms with Gasteiger partial charge in [0.05, 0.1) is 17.4 Å². The smallest absolute Gasteiger partial charge is 0.230 e. The van der Waals surface area contributed by atoms with Crippen LogP contribution in [0.4, 0.5) is 21.6 Å². The van der Waals surface area contributed by atoms with Crippen molar-refractivity contribution < 1.29 is 18.7 Å². The lowest BCUT2D eigenvalue weighted by atomic mass is 10.2. The topological polar surface area (TPSA) is 111 Å². The highest BCUT2D eigenvalue weighted by molar-refractivity contribution is 8.00. The van der Waals surface area contributed by atoms with E-state index in [-0.39, 0.29) is 24.1 Å². The summed E-state index contributed by atoms with van der Waals surface area (Å²) >= 11 is 7.55. The maximum absolute atomic E-state index is 13.3. The van der Waals surface area contributed by atoms with E-state index < -0.39 is 0 Å². The predicted molar refractivity (Wildman–Crippen MR) is 128 cm³/mol. The summed E-state index contributed by atoms with van der Waals surface area (Å²) in [5, 5.41) is 6.68. The summed E-state index contributed by atoms with van der Waals surface area (Å²) in [6, 6.07) is 11.3. The van der Waals surface area contributed by atoms with Crippen molar-refractivity contribution in [1.29, 1.82) is 0 Å². The number of halogens is 2. The molecule has 0 spiro atoms. The van der Waals surface area contributed by atoms with Crippen LogP contribution in [0.5, 0.6) is 5.75 Å². The molecular weight excluding hydrogens is 469 g/mol. The Kier molecular flexibility index (Phi) is 9.11. The Morgan fingerprint density at radius 3 is 2.85 bits per heavy atom. The van der Waals surface area contributed by atoms with Gasteiger partial charge >= 0.3 is 0 Å². The Hall–Kier alpha value is -3.08. The van der Waals surface area contributed by atoms with E-state index in [2.05, 4.69) is 20.6 Å². The van der Waals surface area contributed by atoms with Gasteiger partial charge in [-0.1, -0.05) is 35.5 Å². The standard InChI is InChI=1S/C22H23ClFN5O3S/c1-31-8-7-26-19(30)12-33-22-20(25)21(27-13-28-22)29-16-5-6-18(17(23)10-16)32-11-14-3-2-4-15(24)9-14/h2-6,9-10,13H,7-8,11-12,25H2,1H3,(H,26,30)(H,27,28,29). The van der Waals surface area contributed by atoms with E-state index in [4.69, 9.17) is 26.8 Å². The van der Waals surface area contributed by atoms with E-state index in [1.165, 1.54) is 30.2 Å². The molecule has 1 heterocycles. The normalized spacial score (nSPS) is 10.6. The van der Waals surface area contributed by atoms with Crippen molar-refractivity contribution in [3.63, 3.8) is 0 Å². The summed E-state index contributed by atoms with van der Waals surface area (Å²) in [5.74, 6) is 0.529. The molecule has 4 N–H and O–H groups in total. The first-order valence-corrected chi connectivity index (χ1v) is 11.3. The number of thioether (sulfide) groups is 1. The van der Waals surface area contributed by atoms with Crippen LogP contribution in [0, 0.1) is 5.82 Å². The van der Waals surface area contributed by atoms with Gasteiger partial charge in [-0.15, -0.1) is 0 Å². The maximum Gasteiger partial charge on any atom is 0.230 e. The van der Waals surface area contributed by atoms with Crippen molar-refractivity contribution in [2.75, 3.05) is 37.1 Å². The Balaban J connectivity index is 1.60. The molecule has 3 aromatic rings. The summed E-state index contributed by atoms with van der Waals surface area (Å²) in [5.41, 5.74) is 7.83. The number of ether oxygens (including phenoxy) is 2. The number of nitrogens with two attached hydrogens (primary N) is 1. The fourth-order valence-corrected chi connectivity index (χ4v) is 3.67. The Labute approximate surface area is 200 Å². The number of hydrogen-bond donors (Lipinski definition) is 3. The van der Waals surface area contributed by atoms with Gasteiger partial charge in [-0.3, -0.25) is 4.79 Å². The van der Waals surface area contributed by atoms with Gasteiger partial charge in [0.15, 0.2) is 5.82 Å². The fraction of sp³-hybridized carbons (Fsp3) is 0.227. The molecule has 174 valence electrons. The van der Waals surface area contributed by atoms with Crippen LogP contribution >= 0.6 is 23.4 Å².